The lowest BCUT2D eigenvalue weighted by Crippen LogP contribution is -2.43. The molecule has 1 heterocycles. The Balaban J connectivity index is 1.80. The van der Waals surface area contributed by atoms with Crippen LogP contribution in [-0.4, -0.2) is 25.6 Å². The Labute approximate surface area is 119 Å². The van der Waals surface area contributed by atoms with E-state index in [0.29, 0.717) is 19.6 Å². The molecular weight excluding hydrogens is 252 g/mol. The van der Waals surface area contributed by atoms with Gasteiger partial charge in [-0.15, -0.1) is 0 Å². The number of para-hydroxylation sites is 2. The smallest absolute Gasteiger partial charge is 0.227 e. The third-order valence-corrected chi connectivity index (χ3v) is 4.61. The molecule has 1 aliphatic carbocycles. The third kappa shape index (κ3) is 2.40. The second-order valence-corrected chi connectivity index (χ2v) is 5.95. The zero-order valence-electron chi connectivity index (χ0n) is 11.8. The molecule has 0 radical (unpaired) electrons. The maximum atomic E-state index is 12.7. The van der Waals surface area contributed by atoms with Gasteiger partial charge in [-0.1, -0.05) is 18.6 Å². The molecule has 0 bridgehead atoms. The van der Waals surface area contributed by atoms with E-state index in [0.717, 1.165) is 37.2 Å². The Bertz CT molecular complexity index is 491. The van der Waals surface area contributed by atoms with Crippen LogP contribution in [0.25, 0.3) is 0 Å². The van der Waals surface area contributed by atoms with Crippen LogP contribution >= 0.6 is 0 Å². The lowest BCUT2D eigenvalue weighted by atomic mass is 9.66. The lowest BCUT2D eigenvalue weighted by Gasteiger charge is -2.41. The first-order valence-electron chi connectivity index (χ1n) is 7.46. The highest BCUT2D eigenvalue weighted by Gasteiger charge is 2.39. The summed E-state index contributed by atoms with van der Waals surface area (Å²) in [6, 6.07) is 7.80. The van der Waals surface area contributed by atoms with Crippen LogP contribution in [0.3, 0.4) is 0 Å². The number of benzene rings is 1. The number of carbonyl (C=O) groups is 1. The zero-order chi connectivity index (χ0) is 14.0. The summed E-state index contributed by atoms with van der Waals surface area (Å²) in [6.45, 7) is 2.02. The minimum absolute atomic E-state index is 0.0548. The van der Waals surface area contributed by atoms with Crippen LogP contribution in [0.2, 0.25) is 0 Å². The predicted octanol–water partition coefficient (Wildman–Crippen LogP) is 2.32. The Morgan fingerprint density at radius 3 is 2.80 bits per heavy atom. The van der Waals surface area contributed by atoms with Crippen LogP contribution in [0, 0.1) is 5.41 Å². The summed E-state index contributed by atoms with van der Waals surface area (Å²) in [5.41, 5.74) is 6.84. The average molecular weight is 274 g/mol. The summed E-state index contributed by atoms with van der Waals surface area (Å²) < 4.78 is 5.71. The fourth-order valence-corrected chi connectivity index (χ4v) is 3.13. The highest BCUT2D eigenvalue weighted by molar-refractivity contribution is 5.95. The maximum absolute atomic E-state index is 12.7. The molecule has 3 rings (SSSR count). The molecule has 1 aromatic rings. The molecule has 20 heavy (non-hydrogen) atoms. The molecule has 108 valence electrons. The van der Waals surface area contributed by atoms with Gasteiger partial charge in [0.05, 0.1) is 12.3 Å². The van der Waals surface area contributed by atoms with Crippen molar-refractivity contribution in [1.29, 1.82) is 0 Å². The first kappa shape index (κ1) is 13.4. The van der Waals surface area contributed by atoms with Crippen molar-refractivity contribution < 1.29 is 9.53 Å². The number of fused-ring (bicyclic) bond motifs is 1. The molecule has 2 aliphatic rings. The fraction of sp³-hybridized carbons (Fsp3) is 0.562. The summed E-state index contributed by atoms with van der Waals surface area (Å²) in [5, 5.41) is 0. The molecule has 1 amide bonds. The van der Waals surface area contributed by atoms with Crippen LogP contribution in [-0.2, 0) is 4.79 Å². The van der Waals surface area contributed by atoms with Gasteiger partial charge < -0.3 is 15.4 Å². The van der Waals surface area contributed by atoms with Crippen LogP contribution in [0.15, 0.2) is 24.3 Å². The molecule has 1 aliphatic heterocycles. The molecule has 0 atom stereocenters. The van der Waals surface area contributed by atoms with Crippen molar-refractivity contribution in [3.63, 3.8) is 0 Å². The van der Waals surface area contributed by atoms with E-state index in [4.69, 9.17) is 10.5 Å². The summed E-state index contributed by atoms with van der Waals surface area (Å²) in [5.74, 6) is 1.00. The van der Waals surface area contributed by atoms with E-state index in [1.54, 1.807) is 0 Å². The first-order chi connectivity index (χ1) is 9.74. The molecule has 0 aromatic heterocycles. The number of hydrogen-bond acceptors (Lipinski definition) is 3. The van der Waals surface area contributed by atoms with Crippen LogP contribution in [0.5, 0.6) is 5.75 Å². The Morgan fingerprint density at radius 2 is 2.10 bits per heavy atom. The van der Waals surface area contributed by atoms with E-state index in [2.05, 4.69) is 0 Å². The molecule has 2 N–H and O–H groups in total. The van der Waals surface area contributed by atoms with Crippen LogP contribution in [0.4, 0.5) is 5.69 Å². The Morgan fingerprint density at radius 1 is 1.30 bits per heavy atom. The van der Waals surface area contributed by atoms with E-state index in [9.17, 15) is 4.79 Å². The largest absolute Gasteiger partial charge is 0.491 e. The summed E-state index contributed by atoms with van der Waals surface area (Å²) >= 11 is 0. The molecule has 0 spiro atoms. The lowest BCUT2D eigenvalue weighted by molar-refractivity contribution is -0.122. The number of hydrogen-bond donors (Lipinski definition) is 1. The van der Waals surface area contributed by atoms with Gasteiger partial charge in [-0.3, -0.25) is 4.79 Å². The van der Waals surface area contributed by atoms with Crippen LogP contribution < -0.4 is 15.4 Å². The fourth-order valence-electron chi connectivity index (χ4n) is 3.13. The van der Waals surface area contributed by atoms with Gasteiger partial charge in [0.1, 0.15) is 5.75 Å². The molecule has 1 saturated carbocycles. The van der Waals surface area contributed by atoms with Crippen molar-refractivity contribution in [1.82, 2.24) is 0 Å². The number of carbonyl (C=O) groups excluding carboxylic acids is 1. The van der Waals surface area contributed by atoms with Gasteiger partial charge in [0.15, 0.2) is 0 Å². The van der Waals surface area contributed by atoms with Gasteiger partial charge in [-0.2, -0.15) is 0 Å². The number of rotatable bonds is 3. The van der Waals surface area contributed by atoms with Gasteiger partial charge >= 0.3 is 0 Å². The summed E-state index contributed by atoms with van der Waals surface area (Å²) in [7, 11) is 0. The van der Waals surface area contributed by atoms with Crippen molar-refractivity contribution in [2.75, 3.05) is 24.6 Å². The zero-order valence-corrected chi connectivity index (χ0v) is 11.8. The summed E-state index contributed by atoms with van der Waals surface area (Å²) in [6.07, 6.45) is 4.81. The number of amides is 1. The minimum atomic E-state index is 0.0548. The topological polar surface area (TPSA) is 55.6 Å². The van der Waals surface area contributed by atoms with E-state index in [-0.39, 0.29) is 11.3 Å². The van der Waals surface area contributed by atoms with Gasteiger partial charge in [-0.25, -0.2) is 0 Å². The van der Waals surface area contributed by atoms with E-state index in [1.165, 1.54) is 6.42 Å². The normalized spacial score (nSPS) is 20.4. The molecule has 0 saturated heterocycles. The van der Waals surface area contributed by atoms with Crippen LogP contribution in [0.1, 0.15) is 32.1 Å². The Kier molecular flexibility index (Phi) is 3.66. The first-order valence-corrected chi connectivity index (χ1v) is 7.46. The van der Waals surface area contributed by atoms with Gasteiger partial charge in [0.2, 0.25) is 5.91 Å². The standard InChI is InChI=1S/C16H22N2O2/c17-12-16(7-3-8-16)11-15(19)18-9-4-10-20-14-6-2-1-5-13(14)18/h1-2,5-6H,3-4,7-12,17H2. The molecule has 1 aromatic carbocycles. The van der Waals surface area contributed by atoms with E-state index < -0.39 is 0 Å². The molecule has 4 heteroatoms. The second-order valence-electron chi connectivity index (χ2n) is 5.95. The van der Waals surface area contributed by atoms with Crippen molar-refractivity contribution in [2.45, 2.75) is 32.1 Å². The van der Waals surface area contributed by atoms with Crippen molar-refractivity contribution >= 4 is 11.6 Å². The maximum Gasteiger partial charge on any atom is 0.227 e. The Hall–Kier alpha value is -1.55. The SMILES string of the molecule is NCC1(CC(=O)N2CCCOc3ccccc32)CCC1. The predicted molar refractivity (Wildman–Crippen MR) is 78.9 cm³/mol. The number of ether oxygens (including phenoxy) is 1. The van der Waals surface area contributed by atoms with Crippen molar-refractivity contribution in [2.24, 2.45) is 11.1 Å². The highest BCUT2D eigenvalue weighted by atomic mass is 16.5. The van der Waals surface area contributed by atoms with Gasteiger partial charge in [0.25, 0.3) is 0 Å². The molecular formula is C16H22N2O2. The minimum Gasteiger partial charge on any atom is -0.491 e. The third-order valence-electron chi connectivity index (χ3n) is 4.61. The molecule has 4 nitrogen and oxygen atoms in total. The average Bonchev–Trinajstić information content (AvgIpc) is 2.65. The highest BCUT2D eigenvalue weighted by Crippen LogP contribution is 2.44. The van der Waals surface area contributed by atoms with Gasteiger partial charge in [-0.05, 0) is 43.4 Å². The number of nitrogens with two attached hydrogens (primary N) is 1. The van der Waals surface area contributed by atoms with E-state index in [1.807, 2.05) is 29.2 Å². The van der Waals surface area contributed by atoms with Crippen molar-refractivity contribution in [3.05, 3.63) is 24.3 Å². The monoisotopic (exact) mass is 274 g/mol. The van der Waals surface area contributed by atoms with Gasteiger partial charge in [0, 0.05) is 13.0 Å². The summed E-state index contributed by atoms with van der Waals surface area (Å²) in [4.78, 5) is 14.6. The number of nitrogens with zero attached hydrogens (tertiary/aromatic N) is 1. The number of anilines is 1. The van der Waals surface area contributed by atoms with Crippen molar-refractivity contribution in [3.8, 4) is 5.75 Å². The quantitative estimate of drug-likeness (QED) is 0.920. The molecule has 0 unspecified atom stereocenters. The second kappa shape index (κ2) is 5.44. The molecule has 1 fully saturated rings. The van der Waals surface area contributed by atoms with E-state index >= 15 is 0 Å².